The van der Waals surface area contributed by atoms with Gasteiger partial charge in [0.2, 0.25) is 5.91 Å². The van der Waals surface area contributed by atoms with Gasteiger partial charge < -0.3 is 16.0 Å². The second-order valence-corrected chi connectivity index (χ2v) is 6.50. The van der Waals surface area contributed by atoms with Crippen molar-refractivity contribution in [2.75, 3.05) is 20.6 Å². The summed E-state index contributed by atoms with van der Waals surface area (Å²) in [7, 11) is 3.37. The number of hydrogen-bond acceptors (Lipinski definition) is 5. The topological polar surface area (TPSA) is 88.3 Å². The van der Waals surface area contributed by atoms with E-state index in [0.29, 0.717) is 31.0 Å². The van der Waals surface area contributed by atoms with Crippen LogP contribution in [0.4, 0.5) is 0 Å². The summed E-state index contributed by atoms with van der Waals surface area (Å²) in [6.45, 7) is 4.54. The van der Waals surface area contributed by atoms with Gasteiger partial charge in [-0.2, -0.15) is 0 Å². The van der Waals surface area contributed by atoms with E-state index >= 15 is 0 Å². The number of likely N-dealkylation sites (N-methyl/N-ethyl adjacent to an activating group) is 1. The van der Waals surface area contributed by atoms with E-state index < -0.39 is 6.04 Å². The molecule has 6 nitrogen and oxygen atoms in total. The van der Waals surface area contributed by atoms with Gasteiger partial charge in [0, 0.05) is 25.9 Å². The average Bonchev–Trinajstić information content (AvgIpc) is 2.85. The number of aromatic nitrogens is 1. The number of hydrogen-bond donors (Lipinski definition) is 2. The van der Waals surface area contributed by atoms with Gasteiger partial charge in [-0.15, -0.1) is 11.3 Å². The molecule has 0 saturated heterocycles. The molecule has 1 aromatic rings. The Morgan fingerprint density at radius 2 is 2.10 bits per heavy atom. The second-order valence-electron chi connectivity index (χ2n) is 5.55. The summed E-state index contributed by atoms with van der Waals surface area (Å²) >= 11 is 1.41. The van der Waals surface area contributed by atoms with Crippen molar-refractivity contribution >= 4 is 23.2 Å². The highest BCUT2D eigenvalue weighted by Crippen LogP contribution is 2.12. The van der Waals surface area contributed by atoms with E-state index in [9.17, 15) is 9.59 Å². The molecule has 1 heterocycles. The largest absolute Gasteiger partial charge is 0.347 e. The molecular formula is C14H24N4O2S. The Morgan fingerprint density at radius 1 is 1.43 bits per heavy atom. The van der Waals surface area contributed by atoms with Crippen molar-refractivity contribution in [3.8, 4) is 0 Å². The smallest absolute Gasteiger partial charge is 0.271 e. The summed E-state index contributed by atoms with van der Waals surface area (Å²) in [5.41, 5.74) is 5.82. The number of amides is 2. The zero-order valence-electron chi connectivity index (χ0n) is 13.0. The molecule has 0 fully saturated rings. The fourth-order valence-corrected chi connectivity index (χ4v) is 2.68. The van der Waals surface area contributed by atoms with Gasteiger partial charge in [-0.3, -0.25) is 9.59 Å². The van der Waals surface area contributed by atoms with Crippen LogP contribution in [0.15, 0.2) is 5.38 Å². The van der Waals surface area contributed by atoms with Crippen LogP contribution in [-0.4, -0.2) is 48.4 Å². The monoisotopic (exact) mass is 312 g/mol. The molecule has 0 spiro atoms. The first-order chi connectivity index (χ1) is 9.85. The lowest BCUT2D eigenvalue weighted by Crippen LogP contribution is -2.47. The van der Waals surface area contributed by atoms with Gasteiger partial charge in [-0.25, -0.2) is 4.98 Å². The molecule has 1 rings (SSSR count). The Balaban J connectivity index is 2.76. The zero-order chi connectivity index (χ0) is 16.0. The number of rotatable bonds is 7. The van der Waals surface area contributed by atoms with E-state index in [-0.39, 0.29) is 11.8 Å². The van der Waals surface area contributed by atoms with E-state index in [4.69, 9.17) is 5.73 Å². The third kappa shape index (κ3) is 5.43. The van der Waals surface area contributed by atoms with E-state index in [1.807, 2.05) is 13.8 Å². The maximum absolute atomic E-state index is 12.2. The maximum atomic E-state index is 12.2. The van der Waals surface area contributed by atoms with Crippen LogP contribution in [0.5, 0.6) is 0 Å². The van der Waals surface area contributed by atoms with Crippen molar-refractivity contribution in [2.45, 2.75) is 32.7 Å². The summed E-state index contributed by atoms with van der Waals surface area (Å²) in [5, 5.41) is 5.32. The Kier molecular flexibility index (Phi) is 6.77. The number of nitrogens with two attached hydrogens (primary N) is 1. The van der Waals surface area contributed by atoms with Crippen molar-refractivity contribution in [3.63, 3.8) is 0 Å². The van der Waals surface area contributed by atoms with E-state index in [2.05, 4.69) is 10.3 Å². The van der Waals surface area contributed by atoms with E-state index in [0.717, 1.165) is 5.01 Å². The first-order valence-corrected chi connectivity index (χ1v) is 7.89. The minimum Gasteiger partial charge on any atom is -0.347 e. The molecule has 0 bridgehead atoms. The lowest BCUT2D eigenvalue weighted by atomic mass is 10.0. The van der Waals surface area contributed by atoms with Crippen molar-refractivity contribution in [1.29, 1.82) is 0 Å². The van der Waals surface area contributed by atoms with Gasteiger partial charge in [0.05, 0.1) is 5.01 Å². The number of carbonyl (C=O) groups is 2. The lowest BCUT2D eigenvalue weighted by Gasteiger charge is -2.22. The minimum atomic E-state index is -0.521. The molecule has 2 amide bonds. The SMILES string of the molecule is CC(C)CC(NC(=O)c1csc(CCN)n1)C(=O)N(C)C. The first-order valence-electron chi connectivity index (χ1n) is 7.01. The summed E-state index contributed by atoms with van der Waals surface area (Å²) in [4.78, 5) is 30.1. The second kappa shape index (κ2) is 8.09. The lowest BCUT2D eigenvalue weighted by molar-refractivity contribution is -0.131. The summed E-state index contributed by atoms with van der Waals surface area (Å²) < 4.78 is 0. The van der Waals surface area contributed by atoms with Gasteiger partial charge in [0.25, 0.3) is 5.91 Å². The molecule has 0 radical (unpaired) electrons. The first kappa shape index (κ1) is 17.6. The van der Waals surface area contributed by atoms with Crippen LogP contribution in [0, 0.1) is 5.92 Å². The van der Waals surface area contributed by atoms with Gasteiger partial charge in [0.1, 0.15) is 11.7 Å². The van der Waals surface area contributed by atoms with Crippen LogP contribution in [0.1, 0.15) is 35.8 Å². The van der Waals surface area contributed by atoms with Gasteiger partial charge in [0.15, 0.2) is 0 Å². The van der Waals surface area contributed by atoms with E-state index in [1.54, 1.807) is 19.5 Å². The minimum absolute atomic E-state index is 0.102. The maximum Gasteiger partial charge on any atom is 0.271 e. The molecule has 0 saturated carbocycles. The normalized spacial score (nSPS) is 12.3. The number of carbonyl (C=O) groups excluding carboxylic acids is 2. The van der Waals surface area contributed by atoms with Crippen molar-refractivity contribution in [3.05, 3.63) is 16.1 Å². The molecule has 3 N–H and O–H groups in total. The molecule has 0 aliphatic heterocycles. The summed E-state index contributed by atoms with van der Waals surface area (Å²) in [6, 6.07) is -0.521. The third-order valence-corrected chi connectivity index (χ3v) is 3.80. The summed E-state index contributed by atoms with van der Waals surface area (Å²) in [5.74, 6) is -0.104. The highest BCUT2D eigenvalue weighted by molar-refractivity contribution is 7.09. The Hall–Kier alpha value is -1.47. The Labute approximate surface area is 129 Å². The Bertz CT molecular complexity index is 485. The van der Waals surface area contributed by atoms with Gasteiger partial charge >= 0.3 is 0 Å². The van der Waals surface area contributed by atoms with Crippen LogP contribution in [0.25, 0.3) is 0 Å². The predicted octanol–water partition coefficient (Wildman–Crippen LogP) is 0.877. The molecule has 0 aliphatic rings. The van der Waals surface area contributed by atoms with Crippen molar-refractivity contribution in [2.24, 2.45) is 11.7 Å². The van der Waals surface area contributed by atoms with Gasteiger partial charge in [-0.05, 0) is 18.9 Å². The number of thiazole rings is 1. The molecule has 0 aliphatic carbocycles. The molecule has 1 unspecified atom stereocenters. The van der Waals surface area contributed by atoms with Crippen LogP contribution in [0.3, 0.4) is 0 Å². The molecule has 118 valence electrons. The van der Waals surface area contributed by atoms with Crippen LogP contribution >= 0.6 is 11.3 Å². The highest BCUT2D eigenvalue weighted by Gasteiger charge is 2.24. The van der Waals surface area contributed by atoms with Crippen LogP contribution in [0.2, 0.25) is 0 Å². The zero-order valence-corrected chi connectivity index (χ0v) is 13.9. The number of nitrogens with zero attached hydrogens (tertiary/aromatic N) is 2. The Morgan fingerprint density at radius 3 is 2.62 bits per heavy atom. The van der Waals surface area contributed by atoms with Crippen molar-refractivity contribution < 1.29 is 9.59 Å². The predicted molar refractivity (Wildman–Crippen MR) is 84.3 cm³/mol. The molecule has 21 heavy (non-hydrogen) atoms. The van der Waals surface area contributed by atoms with Crippen molar-refractivity contribution in [1.82, 2.24) is 15.2 Å². The molecule has 7 heteroatoms. The standard InChI is InChI=1S/C14H24N4O2S/c1-9(2)7-10(14(20)18(3)4)17-13(19)11-8-21-12(16-11)5-6-15/h8-10H,5-7,15H2,1-4H3,(H,17,19). The average molecular weight is 312 g/mol. The fraction of sp³-hybridized carbons (Fsp3) is 0.643. The third-order valence-electron chi connectivity index (χ3n) is 2.89. The molecular weight excluding hydrogens is 288 g/mol. The summed E-state index contributed by atoms with van der Waals surface area (Å²) in [6.07, 6.45) is 1.26. The van der Waals surface area contributed by atoms with Gasteiger partial charge in [-0.1, -0.05) is 13.8 Å². The van der Waals surface area contributed by atoms with E-state index in [1.165, 1.54) is 16.2 Å². The highest BCUT2D eigenvalue weighted by atomic mass is 32.1. The molecule has 1 atom stereocenters. The van der Waals surface area contributed by atoms with Crippen LogP contribution in [-0.2, 0) is 11.2 Å². The quantitative estimate of drug-likeness (QED) is 0.782. The van der Waals surface area contributed by atoms with Crippen LogP contribution < -0.4 is 11.1 Å². The molecule has 0 aromatic carbocycles. The number of nitrogens with one attached hydrogen (secondary N) is 1. The molecule has 1 aromatic heterocycles. The fourth-order valence-electron chi connectivity index (χ4n) is 1.89.